The minimum Gasteiger partial charge on any atom is -0.462 e. The fourth-order valence-corrected chi connectivity index (χ4v) is 1.12. The van der Waals surface area contributed by atoms with Crippen LogP contribution >= 0.6 is 0 Å². The van der Waals surface area contributed by atoms with Crippen molar-refractivity contribution in [3.8, 4) is 0 Å². The Morgan fingerprint density at radius 1 is 1.50 bits per heavy atom. The van der Waals surface area contributed by atoms with E-state index in [-0.39, 0.29) is 5.97 Å². The van der Waals surface area contributed by atoms with Crippen LogP contribution in [0, 0.1) is 6.92 Å². The van der Waals surface area contributed by atoms with Gasteiger partial charge in [0.25, 0.3) is 0 Å². The third kappa shape index (κ3) is 3.90. The van der Waals surface area contributed by atoms with Crippen LogP contribution in [0.4, 0.5) is 0 Å². The molecular formula is C12H14O2. The number of ether oxygens (including phenoxy) is 1. The van der Waals surface area contributed by atoms with Gasteiger partial charge in [0.05, 0.1) is 0 Å². The molecule has 2 heteroatoms. The number of hydrogen-bond donors (Lipinski definition) is 0. The topological polar surface area (TPSA) is 26.3 Å². The van der Waals surface area contributed by atoms with Gasteiger partial charge in [-0.2, -0.15) is 0 Å². The van der Waals surface area contributed by atoms with Crippen LogP contribution in [0.2, 0.25) is 0 Å². The molecule has 0 radical (unpaired) electrons. The summed E-state index contributed by atoms with van der Waals surface area (Å²) in [6.07, 6.45) is 3.77. The third-order valence-electron chi connectivity index (χ3n) is 1.74. The highest BCUT2D eigenvalue weighted by atomic mass is 16.5. The van der Waals surface area contributed by atoms with Crippen LogP contribution in [-0.2, 0) is 9.53 Å². The molecule has 0 aromatic heterocycles. The van der Waals surface area contributed by atoms with Crippen molar-refractivity contribution >= 4 is 12.0 Å². The molecule has 0 saturated heterocycles. The Bertz CT molecular complexity index is 340. The molecule has 1 aromatic rings. The van der Waals surface area contributed by atoms with E-state index in [2.05, 4.69) is 6.07 Å². The van der Waals surface area contributed by atoms with Gasteiger partial charge in [0.15, 0.2) is 0 Å². The summed E-state index contributed by atoms with van der Waals surface area (Å²) in [5, 5.41) is 0. The van der Waals surface area contributed by atoms with Crippen molar-refractivity contribution in [2.75, 3.05) is 6.61 Å². The van der Waals surface area contributed by atoms with Crippen LogP contribution < -0.4 is 0 Å². The minimum absolute atomic E-state index is 0.251. The number of benzene rings is 1. The first-order valence-corrected chi connectivity index (χ1v) is 4.55. The molecule has 0 fully saturated rings. The lowest BCUT2D eigenvalue weighted by atomic mass is 10.1. The molecule has 0 bridgehead atoms. The highest BCUT2D eigenvalue weighted by Crippen LogP contribution is 2.05. The Morgan fingerprint density at radius 2 is 2.29 bits per heavy atom. The Labute approximate surface area is 84.2 Å². The summed E-state index contributed by atoms with van der Waals surface area (Å²) < 4.78 is 4.77. The molecule has 74 valence electrons. The minimum atomic E-state index is -0.251. The van der Waals surface area contributed by atoms with Crippen molar-refractivity contribution < 1.29 is 9.53 Å². The van der Waals surface area contributed by atoms with Gasteiger partial charge in [-0.05, 0) is 18.6 Å². The first-order chi connectivity index (χ1) is 6.68. The summed E-state index contributed by atoms with van der Waals surface area (Å²) in [5.41, 5.74) is 2.34. The van der Waals surface area contributed by atoms with Gasteiger partial charge in [-0.1, -0.05) is 35.9 Å². The summed E-state index contributed by atoms with van der Waals surface area (Å²) in [5.74, 6) is -0.251. The molecule has 14 heavy (non-hydrogen) atoms. The van der Waals surface area contributed by atoms with Gasteiger partial charge in [-0.25, -0.2) is 0 Å². The molecule has 0 aliphatic rings. The second kappa shape index (κ2) is 5.22. The van der Waals surface area contributed by atoms with Crippen LogP contribution in [-0.4, -0.2) is 12.6 Å². The maximum Gasteiger partial charge on any atom is 0.302 e. The second-order valence-corrected chi connectivity index (χ2v) is 3.12. The standard InChI is InChI=1S/C12H14O2/c1-10-5-3-6-12(9-10)7-4-8-14-11(2)13/h3-7,9H,8H2,1-2H3/b7-4+. The van der Waals surface area contributed by atoms with Crippen molar-refractivity contribution in [3.63, 3.8) is 0 Å². The van der Waals surface area contributed by atoms with Crippen molar-refractivity contribution in [1.29, 1.82) is 0 Å². The zero-order valence-electron chi connectivity index (χ0n) is 8.49. The number of esters is 1. The van der Waals surface area contributed by atoms with E-state index in [0.717, 1.165) is 5.56 Å². The van der Waals surface area contributed by atoms with E-state index in [1.165, 1.54) is 12.5 Å². The lowest BCUT2D eigenvalue weighted by Gasteiger charge is -1.96. The Morgan fingerprint density at radius 3 is 2.93 bits per heavy atom. The maximum absolute atomic E-state index is 10.5. The zero-order valence-corrected chi connectivity index (χ0v) is 8.49. The molecule has 0 heterocycles. The van der Waals surface area contributed by atoms with E-state index in [9.17, 15) is 4.79 Å². The Hall–Kier alpha value is -1.57. The van der Waals surface area contributed by atoms with Gasteiger partial charge < -0.3 is 4.74 Å². The van der Waals surface area contributed by atoms with Gasteiger partial charge in [-0.15, -0.1) is 0 Å². The fraction of sp³-hybridized carbons (Fsp3) is 0.250. The zero-order chi connectivity index (χ0) is 10.4. The molecule has 0 aliphatic heterocycles. The van der Waals surface area contributed by atoms with E-state index in [1.54, 1.807) is 0 Å². The molecule has 2 nitrogen and oxygen atoms in total. The Balaban J connectivity index is 2.47. The predicted molar refractivity (Wildman–Crippen MR) is 56.8 cm³/mol. The predicted octanol–water partition coefficient (Wildman–Crippen LogP) is 2.57. The van der Waals surface area contributed by atoms with Gasteiger partial charge in [0, 0.05) is 6.92 Å². The van der Waals surface area contributed by atoms with E-state index in [0.29, 0.717) is 6.61 Å². The number of rotatable bonds is 3. The molecular weight excluding hydrogens is 176 g/mol. The number of carbonyl (C=O) groups is 1. The highest BCUT2D eigenvalue weighted by molar-refractivity contribution is 5.66. The molecule has 0 aliphatic carbocycles. The molecule has 0 unspecified atom stereocenters. The van der Waals surface area contributed by atoms with E-state index in [1.807, 2.05) is 37.3 Å². The number of hydrogen-bond acceptors (Lipinski definition) is 2. The molecule has 0 saturated carbocycles. The van der Waals surface area contributed by atoms with Gasteiger partial charge in [-0.3, -0.25) is 4.79 Å². The summed E-state index contributed by atoms with van der Waals surface area (Å²) in [4.78, 5) is 10.5. The van der Waals surface area contributed by atoms with Gasteiger partial charge >= 0.3 is 5.97 Å². The fourth-order valence-electron chi connectivity index (χ4n) is 1.12. The van der Waals surface area contributed by atoms with Crippen molar-refractivity contribution in [2.24, 2.45) is 0 Å². The first-order valence-electron chi connectivity index (χ1n) is 4.55. The average Bonchev–Trinajstić information content (AvgIpc) is 2.12. The highest BCUT2D eigenvalue weighted by Gasteiger charge is 1.89. The first kappa shape index (κ1) is 10.5. The normalized spacial score (nSPS) is 10.4. The van der Waals surface area contributed by atoms with Crippen molar-refractivity contribution in [3.05, 3.63) is 41.5 Å². The van der Waals surface area contributed by atoms with Gasteiger partial charge in [0.1, 0.15) is 6.61 Å². The van der Waals surface area contributed by atoms with Crippen LogP contribution in [0.5, 0.6) is 0 Å². The molecule has 0 amide bonds. The van der Waals surface area contributed by atoms with Crippen LogP contribution in [0.1, 0.15) is 18.1 Å². The third-order valence-corrected chi connectivity index (χ3v) is 1.74. The SMILES string of the molecule is CC(=O)OC/C=C/c1cccc(C)c1. The molecule has 1 aromatic carbocycles. The second-order valence-electron chi connectivity index (χ2n) is 3.12. The molecule has 0 N–H and O–H groups in total. The van der Waals surface area contributed by atoms with E-state index >= 15 is 0 Å². The van der Waals surface area contributed by atoms with Crippen molar-refractivity contribution in [1.82, 2.24) is 0 Å². The van der Waals surface area contributed by atoms with Crippen molar-refractivity contribution in [2.45, 2.75) is 13.8 Å². The monoisotopic (exact) mass is 190 g/mol. The van der Waals surface area contributed by atoms with Crippen LogP contribution in [0.25, 0.3) is 6.08 Å². The number of carbonyl (C=O) groups excluding carboxylic acids is 1. The smallest absolute Gasteiger partial charge is 0.302 e. The lowest BCUT2D eigenvalue weighted by molar-refractivity contribution is -0.139. The Kier molecular flexibility index (Phi) is 3.92. The van der Waals surface area contributed by atoms with E-state index < -0.39 is 0 Å². The molecule has 0 atom stereocenters. The summed E-state index contributed by atoms with van der Waals surface area (Å²) in [7, 11) is 0. The van der Waals surface area contributed by atoms with Crippen LogP contribution in [0.15, 0.2) is 30.3 Å². The molecule has 0 spiro atoms. The van der Waals surface area contributed by atoms with E-state index in [4.69, 9.17) is 4.74 Å². The quantitative estimate of drug-likeness (QED) is 0.685. The lowest BCUT2D eigenvalue weighted by Crippen LogP contribution is -1.97. The largest absolute Gasteiger partial charge is 0.462 e. The average molecular weight is 190 g/mol. The molecule has 1 rings (SSSR count). The number of aryl methyl sites for hydroxylation is 1. The summed E-state index contributed by atoms with van der Waals surface area (Å²) in [6, 6.07) is 8.13. The van der Waals surface area contributed by atoms with Gasteiger partial charge in [0.2, 0.25) is 0 Å². The summed E-state index contributed by atoms with van der Waals surface area (Å²) in [6.45, 7) is 3.78. The summed E-state index contributed by atoms with van der Waals surface area (Å²) >= 11 is 0. The van der Waals surface area contributed by atoms with Crippen LogP contribution in [0.3, 0.4) is 0 Å². The maximum atomic E-state index is 10.5.